The van der Waals surface area contributed by atoms with Crippen LogP contribution in [0, 0.1) is 11.3 Å². The molecule has 0 aliphatic carbocycles. The van der Waals surface area contributed by atoms with E-state index >= 15 is 0 Å². The zero-order chi connectivity index (χ0) is 14.5. The smallest absolute Gasteiger partial charge is 0.238 e. The fraction of sp³-hybridized carbons (Fsp3) is 0.375. The van der Waals surface area contributed by atoms with E-state index in [9.17, 15) is 5.11 Å². The average Bonchev–Trinajstić information content (AvgIpc) is 2.85. The molecule has 4 nitrogen and oxygen atoms in total. The van der Waals surface area contributed by atoms with E-state index < -0.39 is 0 Å². The lowest BCUT2D eigenvalue weighted by Crippen LogP contribution is -2.18. The van der Waals surface area contributed by atoms with Crippen LogP contribution in [0.5, 0.6) is 5.88 Å². The summed E-state index contributed by atoms with van der Waals surface area (Å²) in [7, 11) is 0. The van der Waals surface area contributed by atoms with Crippen molar-refractivity contribution >= 4 is 5.71 Å². The highest BCUT2D eigenvalue weighted by Crippen LogP contribution is 2.27. The van der Waals surface area contributed by atoms with Crippen molar-refractivity contribution in [2.75, 3.05) is 0 Å². The van der Waals surface area contributed by atoms with Crippen molar-refractivity contribution in [3.8, 4) is 17.0 Å². The van der Waals surface area contributed by atoms with Gasteiger partial charge in [-0.15, -0.1) is 5.10 Å². The molecule has 106 valence electrons. The fourth-order valence-corrected chi connectivity index (χ4v) is 2.33. The first kappa shape index (κ1) is 14.3. The molecule has 0 aliphatic heterocycles. The molecule has 0 amide bonds. The second kappa shape index (κ2) is 6.37. The first-order valence-electron chi connectivity index (χ1n) is 7.04. The Hall–Kier alpha value is -2.10. The Morgan fingerprint density at radius 2 is 2.00 bits per heavy atom. The van der Waals surface area contributed by atoms with Crippen LogP contribution < -0.4 is 0 Å². The van der Waals surface area contributed by atoms with E-state index in [-0.39, 0.29) is 11.8 Å². The molecule has 20 heavy (non-hydrogen) atoms. The average molecular weight is 271 g/mol. The Labute approximate surface area is 119 Å². The van der Waals surface area contributed by atoms with Gasteiger partial charge in [0.15, 0.2) is 0 Å². The lowest BCUT2D eigenvalue weighted by atomic mass is 9.98. The number of aromatic nitrogens is 2. The summed E-state index contributed by atoms with van der Waals surface area (Å²) in [6.07, 6.45) is 3.53. The third-order valence-electron chi connectivity index (χ3n) is 3.60. The first-order valence-corrected chi connectivity index (χ1v) is 7.04. The molecule has 1 aromatic heterocycles. The highest BCUT2D eigenvalue weighted by atomic mass is 16.3. The lowest BCUT2D eigenvalue weighted by molar-refractivity contribution is 0.424. The number of hydrogen-bond acceptors (Lipinski definition) is 3. The van der Waals surface area contributed by atoms with Crippen molar-refractivity contribution in [3.05, 3.63) is 36.5 Å². The molecule has 0 radical (unpaired) electrons. The molecular weight excluding hydrogens is 250 g/mol. The Bertz CT molecular complexity index is 575. The van der Waals surface area contributed by atoms with Gasteiger partial charge in [0.05, 0.1) is 5.56 Å². The number of hydrogen-bond donors (Lipinski definition) is 2. The Morgan fingerprint density at radius 3 is 2.60 bits per heavy atom. The molecule has 0 saturated carbocycles. The van der Waals surface area contributed by atoms with E-state index in [1.165, 1.54) is 0 Å². The van der Waals surface area contributed by atoms with E-state index in [0.29, 0.717) is 6.54 Å². The molecule has 0 spiro atoms. The van der Waals surface area contributed by atoms with Gasteiger partial charge in [-0.1, -0.05) is 44.2 Å². The molecular formula is C16H21N3O. The van der Waals surface area contributed by atoms with Gasteiger partial charge in [-0.2, -0.15) is 0 Å². The van der Waals surface area contributed by atoms with Gasteiger partial charge < -0.3 is 10.5 Å². The van der Waals surface area contributed by atoms with Crippen LogP contribution in [0.2, 0.25) is 0 Å². The second-order valence-electron chi connectivity index (χ2n) is 4.94. The van der Waals surface area contributed by atoms with Gasteiger partial charge in [0.25, 0.3) is 0 Å². The summed E-state index contributed by atoms with van der Waals surface area (Å²) in [6, 6.07) is 9.72. The summed E-state index contributed by atoms with van der Waals surface area (Å²) in [4.78, 5) is 0. The molecule has 2 aromatic rings. The number of aromatic hydroxyl groups is 1. The quantitative estimate of drug-likeness (QED) is 0.787. The number of rotatable bonds is 6. The van der Waals surface area contributed by atoms with Gasteiger partial charge >= 0.3 is 0 Å². The van der Waals surface area contributed by atoms with Gasteiger partial charge in [-0.25, -0.2) is 0 Å². The van der Waals surface area contributed by atoms with Gasteiger partial charge in [0.2, 0.25) is 5.88 Å². The summed E-state index contributed by atoms with van der Waals surface area (Å²) in [5, 5.41) is 22.1. The third-order valence-corrected chi connectivity index (χ3v) is 3.60. The molecule has 2 N–H and O–H groups in total. The highest BCUT2D eigenvalue weighted by molar-refractivity contribution is 5.83. The van der Waals surface area contributed by atoms with E-state index in [0.717, 1.165) is 29.7 Å². The summed E-state index contributed by atoms with van der Waals surface area (Å²) < 4.78 is 1.75. The molecule has 0 aliphatic rings. The van der Waals surface area contributed by atoms with Crippen LogP contribution in [0.25, 0.3) is 11.1 Å². The maximum Gasteiger partial charge on any atom is 0.238 e. The SMILES string of the molecule is CCC(=N)[C@@H](CC)Cn1cc(-c2ccccc2)c(O)n1. The largest absolute Gasteiger partial charge is 0.492 e. The molecule has 4 heteroatoms. The molecule has 0 saturated heterocycles. The maximum absolute atomic E-state index is 9.98. The Morgan fingerprint density at radius 1 is 1.30 bits per heavy atom. The van der Waals surface area contributed by atoms with Crippen LogP contribution in [0.3, 0.4) is 0 Å². The van der Waals surface area contributed by atoms with Crippen molar-refractivity contribution < 1.29 is 5.11 Å². The van der Waals surface area contributed by atoms with E-state index in [4.69, 9.17) is 5.41 Å². The normalized spacial score (nSPS) is 12.3. The van der Waals surface area contributed by atoms with Crippen molar-refractivity contribution in [1.82, 2.24) is 9.78 Å². The van der Waals surface area contributed by atoms with Crippen LogP contribution in [0.15, 0.2) is 36.5 Å². The maximum atomic E-state index is 9.98. The Kier molecular flexibility index (Phi) is 4.56. The summed E-state index contributed by atoms with van der Waals surface area (Å²) in [5.41, 5.74) is 2.43. The molecule has 0 fully saturated rings. The predicted molar refractivity (Wildman–Crippen MR) is 81.1 cm³/mol. The highest BCUT2D eigenvalue weighted by Gasteiger charge is 2.15. The van der Waals surface area contributed by atoms with Crippen molar-refractivity contribution in [1.29, 1.82) is 5.41 Å². The first-order chi connectivity index (χ1) is 9.65. The zero-order valence-electron chi connectivity index (χ0n) is 12.0. The minimum absolute atomic E-state index is 0.0501. The van der Waals surface area contributed by atoms with E-state index in [2.05, 4.69) is 12.0 Å². The van der Waals surface area contributed by atoms with Crippen molar-refractivity contribution in [2.45, 2.75) is 33.2 Å². The van der Waals surface area contributed by atoms with E-state index in [1.54, 1.807) is 4.68 Å². The monoisotopic (exact) mass is 271 g/mol. The summed E-state index contributed by atoms with van der Waals surface area (Å²) in [6.45, 7) is 4.72. The van der Waals surface area contributed by atoms with Gasteiger partial charge in [-0.3, -0.25) is 4.68 Å². The fourth-order valence-electron chi connectivity index (χ4n) is 2.33. The molecule has 1 atom stereocenters. The molecule has 0 unspecified atom stereocenters. The van der Waals surface area contributed by atoms with Crippen LogP contribution in [0.1, 0.15) is 26.7 Å². The predicted octanol–water partition coefficient (Wildman–Crippen LogP) is 3.71. The number of benzene rings is 1. The van der Waals surface area contributed by atoms with Crippen LogP contribution >= 0.6 is 0 Å². The van der Waals surface area contributed by atoms with Crippen LogP contribution in [-0.4, -0.2) is 20.6 Å². The molecule has 1 heterocycles. The standard InChI is InChI=1S/C16H21N3O/c1-3-12(15(17)4-2)10-19-11-14(16(20)18-19)13-8-6-5-7-9-13/h5-9,11-12,17H,3-4,10H2,1-2H3,(H,18,20)/t12-/m0/s1. The number of nitrogens with one attached hydrogen (secondary N) is 1. The summed E-state index contributed by atoms with van der Waals surface area (Å²) in [5.74, 6) is 0.233. The van der Waals surface area contributed by atoms with Crippen LogP contribution in [0.4, 0.5) is 0 Å². The van der Waals surface area contributed by atoms with Crippen LogP contribution in [-0.2, 0) is 6.54 Å². The minimum atomic E-state index is 0.0501. The minimum Gasteiger partial charge on any atom is -0.492 e. The molecule has 1 aromatic carbocycles. The number of nitrogens with zero attached hydrogens (tertiary/aromatic N) is 2. The van der Waals surface area contributed by atoms with Crippen molar-refractivity contribution in [2.24, 2.45) is 5.92 Å². The van der Waals surface area contributed by atoms with Gasteiger partial charge in [0, 0.05) is 24.4 Å². The second-order valence-corrected chi connectivity index (χ2v) is 4.94. The zero-order valence-corrected chi connectivity index (χ0v) is 12.0. The Balaban J connectivity index is 2.21. The van der Waals surface area contributed by atoms with Gasteiger partial charge in [-0.05, 0) is 18.4 Å². The topological polar surface area (TPSA) is 61.9 Å². The van der Waals surface area contributed by atoms with E-state index in [1.807, 2.05) is 43.5 Å². The molecule has 2 rings (SSSR count). The summed E-state index contributed by atoms with van der Waals surface area (Å²) >= 11 is 0. The third kappa shape index (κ3) is 3.07. The molecule has 0 bridgehead atoms. The van der Waals surface area contributed by atoms with Gasteiger partial charge in [0.1, 0.15) is 0 Å². The van der Waals surface area contributed by atoms with Crippen molar-refractivity contribution in [3.63, 3.8) is 0 Å². The lowest BCUT2D eigenvalue weighted by Gasteiger charge is -2.14.